The monoisotopic (exact) mass is 504 g/mol. The lowest BCUT2D eigenvalue weighted by atomic mass is 10.1. The summed E-state index contributed by atoms with van der Waals surface area (Å²) >= 11 is 0. The molecule has 3 rings (SSSR count). The van der Waals surface area contributed by atoms with Crippen LogP contribution in [-0.4, -0.2) is 36.2 Å². The summed E-state index contributed by atoms with van der Waals surface area (Å²) in [6.45, 7) is 5.22. The second kappa shape index (κ2) is 13.1. The molecule has 0 heterocycles. The van der Waals surface area contributed by atoms with Crippen LogP contribution in [0.3, 0.4) is 0 Å². The smallest absolute Gasteiger partial charge is 0.408 e. The molecule has 3 aromatic carbocycles. The Balaban J connectivity index is 1.58. The van der Waals surface area contributed by atoms with Gasteiger partial charge in [0.25, 0.3) is 0 Å². The van der Waals surface area contributed by atoms with E-state index < -0.39 is 29.6 Å². The number of amides is 2. The van der Waals surface area contributed by atoms with Gasteiger partial charge in [0.15, 0.2) is 6.61 Å². The Bertz CT molecular complexity index is 1160. The SMILES string of the molecule is CC(C)(C)OC(=O)COc1ccc(NC(=O)[C@@H](Cc2ccccc2)NC(=O)OCc2ccccc2)cc1. The van der Waals surface area contributed by atoms with Crippen LogP contribution < -0.4 is 15.4 Å². The van der Waals surface area contributed by atoms with E-state index in [1.165, 1.54) is 0 Å². The number of alkyl carbamates (subject to hydrolysis) is 1. The lowest BCUT2D eigenvalue weighted by Gasteiger charge is -2.19. The van der Waals surface area contributed by atoms with E-state index in [1.54, 1.807) is 45.0 Å². The zero-order valence-electron chi connectivity index (χ0n) is 21.2. The minimum Gasteiger partial charge on any atom is -0.482 e. The summed E-state index contributed by atoms with van der Waals surface area (Å²) < 4.78 is 16.0. The minimum atomic E-state index is -0.867. The van der Waals surface area contributed by atoms with Crippen LogP contribution in [0.5, 0.6) is 5.75 Å². The van der Waals surface area contributed by atoms with Gasteiger partial charge in [-0.25, -0.2) is 9.59 Å². The van der Waals surface area contributed by atoms with Crippen LogP contribution in [0.25, 0.3) is 0 Å². The molecule has 0 saturated heterocycles. The number of carbonyl (C=O) groups excluding carboxylic acids is 3. The Labute approximate surface area is 216 Å². The second-order valence-corrected chi connectivity index (χ2v) is 9.34. The van der Waals surface area contributed by atoms with Crippen molar-refractivity contribution >= 4 is 23.7 Å². The average molecular weight is 505 g/mol. The van der Waals surface area contributed by atoms with Crippen LogP contribution in [0.1, 0.15) is 31.9 Å². The molecule has 8 nitrogen and oxygen atoms in total. The molecular weight excluding hydrogens is 472 g/mol. The highest BCUT2D eigenvalue weighted by Crippen LogP contribution is 2.17. The van der Waals surface area contributed by atoms with E-state index in [0.29, 0.717) is 11.4 Å². The zero-order valence-corrected chi connectivity index (χ0v) is 21.2. The molecule has 0 unspecified atom stereocenters. The third-order valence-corrected chi connectivity index (χ3v) is 5.00. The van der Waals surface area contributed by atoms with Gasteiger partial charge < -0.3 is 24.8 Å². The molecule has 37 heavy (non-hydrogen) atoms. The van der Waals surface area contributed by atoms with Crippen LogP contribution in [0.2, 0.25) is 0 Å². The number of hydrogen-bond acceptors (Lipinski definition) is 6. The van der Waals surface area contributed by atoms with Crippen molar-refractivity contribution in [3.63, 3.8) is 0 Å². The summed E-state index contributed by atoms with van der Waals surface area (Å²) in [6.07, 6.45) is -0.407. The molecule has 0 fully saturated rings. The number of anilines is 1. The molecule has 0 aromatic heterocycles. The van der Waals surface area contributed by atoms with Gasteiger partial charge in [0, 0.05) is 12.1 Å². The highest BCUT2D eigenvalue weighted by atomic mass is 16.6. The molecule has 3 aromatic rings. The minimum absolute atomic E-state index is 0.0944. The predicted octanol–water partition coefficient (Wildman–Crippen LogP) is 4.88. The van der Waals surface area contributed by atoms with Crippen molar-refractivity contribution < 1.29 is 28.6 Å². The number of rotatable bonds is 10. The van der Waals surface area contributed by atoms with Crippen molar-refractivity contribution in [2.45, 2.75) is 45.4 Å². The number of esters is 1. The van der Waals surface area contributed by atoms with Crippen LogP contribution >= 0.6 is 0 Å². The maximum absolute atomic E-state index is 13.1. The van der Waals surface area contributed by atoms with Gasteiger partial charge in [0.2, 0.25) is 5.91 Å². The quantitative estimate of drug-likeness (QED) is 0.382. The van der Waals surface area contributed by atoms with E-state index in [2.05, 4.69) is 10.6 Å². The molecule has 0 saturated carbocycles. The first-order valence-electron chi connectivity index (χ1n) is 11.9. The largest absolute Gasteiger partial charge is 0.482 e. The van der Waals surface area contributed by atoms with Gasteiger partial charge in [-0.2, -0.15) is 0 Å². The summed E-state index contributed by atoms with van der Waals surface area (Å²) in [7, 11) is 0. The van der Waals surface area contributed by atoms with Gasteiger partial charge in [-0.3, -0.25) is 4.79 Å². The first-order chi connectivity index (χ1) is 17.7. The number of nitrogens with one attached hydrogen (secondary N) is 2. The Kier molecular flexibility index (Phi) is 9.66. The van der Waals surface area contributed by atoms with E-state index in [4.69, 9.17) is 14.2 Å². The Morgan fingerprint density at radius 1 is 0.811 bits per heavy atom. The Morgan fingerprint density at radius 2 is 1.41 bits per heavy atom. The lowest BCUT2D eigenvalue weighted by Crippen LogP contribution is -2.45. The fourth-order valence-electron chi connectivity index (χ4n) is 3.34. The van der Waals surface area contributed by atoms with E-state index in [0.717, 1.165) is 11.1 Å². The Hall–Kier alpha value is -4.33. The number of benzene rings is 3. The first-order valence-corrected chi connectivity index (χ1v) is 11.9. The number of hydrogen-bond donors (Lipinski definition) is 2. The fraction of sp³-hybridized carbons (Fsp3) is 0.276. The average Bonchev–Trinajstić information content (AvgIpc) is 2.87. The molecule has 0 aliphatic rings. The van der Waals surface area contributed by atoms with Gasteiger partial charge in [0.1, 0.15) is 24.0 Å². The van der Waals surface area contributed by atoms with Crippen molar-refractivity contribution in [1.29, 1.82) is 0 Å². The summed E-state index contributed by atoms with van der Waals surface area (Å²) in [5.41, 5.74) is 1.65. The first kappa shape index (κ1) is 27.3. The predicted molar refractivity (Wildman–Crippen MR) is 140 cm³/mol. The van der Waals surface area contributed by atoms with E-state index in [9.17, 15) is 14.4 Å². The molecule has 2 N–H and O–H groups in total. The van der Waals surface area contributed by atoms with Gasteiger partial charge in [-0.1, -0.05) is 60.7 Å². The molecule has 0 aliphatic heterocycles. The maximum atomic E-state index is 13.1. The van der Waals surface area contributed by atoms with Crippen LogP contribution in [0.15, 0.2) is 84.9 Å². The van der Waals surface area contributed by atoms with E-state index in [1.807, 2.05) is 60.7 Å². The van der Waals surface area contributed by atoms with Crippen molar-refractivity contribution in [2.75, 3.05) is 11.9 Å². The van der Waals surface area contributed by atoms with E-state index in [-0.39, 0.29) is 19.6 Å². The number of ether oxygens (including phenoxy) is 3. The van der Waals surface area contributed by atoms with Crippen molar-refractivity contribution in [3.05, 3.63) is 96.1 Å². The third-order valence-electron chi connectivity index (χ3n) is 5.00. The molecular formula is C29H32N2O6. The van der Waals surface area contributed by atoms with Crippen LogP contribution in [0, 0.1) is 0 Å². The molecule has 8 heteroatoms. The highest BCUT2D eigenvalue weighted by molar-refractivity contribution is 5.96. The molecule has 194 valence electrons. The summed E-state index contributed by atoms with van der Waals surface area (Å²) in [5, 5.41) is 5.48. The molecule has 2 amide bonds. The normalized spacial score (nSPS) is 11.6. The highest BCUT2D eigenvalue weighted by Gasteiger charge is 2.22. The van der Waals surface area contributed by atoms with Crippen LogP contribution in [-0.2, 0) is 32.1 Å². The topological polar surface area (TPSA) is 103 Å². The van der Waals surface area contributed by atoms with Gasteiger partial charge in [-0.15, -0.1) is 0 Å². The standard InChI is InChI=1S/C29H32N2O6/c1-29(2,3)37-26(32)20-35-24-16-14-23(15-17-24)30-27(33)25(18-21-10-6-4-7-11-21)31-28(34)36-19-22-12-8-5-9-13-22/h4-17,25H,18-20H2,1-3H3,(H,30,33)(H,31,34)/t25-/m1/s1. The van der Waals surface area contributed by atoms with Crippen molar-refractivity contribution in [2.24, 2.45) is 0 Å². The third kappa shape index (κ3) is 10.0. The van der Waals surface area contributed by atoms with Gasteiger partial charge >= 0.3 is 12.1 Å². The second-order valence-electron chi connectivity index (χ2n) is 9.34. The molecule has 0 spiro atoms. The maximum Gasteiger partial charge on any atom is 0.408 e. The van der Waals surface area contributed by atoms with Crippen molar-refractivity contribution in [3.8, 4) is 5.75 Å². The molecule has 1 atom stereocenters. The molecule has 0 bridgehead atoms. The van der Waals surface area contributed by atoms with Crippen LogP contribution in [0.4, 0.5) is 10.5 Å². The molecule has 0 radical (unpaired) electrons. The lowest BCUT2D eigenvalue weighted by molar-refractivity contribution is -0.157. The molecule has 0 aliphatic carbocycles. The van der Waals surface area contributed by atoms with Gasteiger partial charge in [0.05, 0.1) is 0 Å². The summed E-state index contributed by atoms with van der Waals surface area (Å²) in [4.78, 5) is 37.4. The summed E-state index contributed by atoms with van der Waals surface area (Å²) in [5.74, 6) is -0.422. The van der Waals surface area contributed by atoms with Gasteiger partial charge in [-0.05, 0) is 56.2 Å². The summed E-state index contributed by atoms with van der Waals surface area (Å²) in [6, 6.07) is 24.4. The zero-order chi connectivity index (χ0) is 26.7. The van der Waals surface area contributed by atoms with Crippen molar-refractivity contribution in [1.82, 2.24) is 5.32 Å². The Morgan fingerprint density at radius 3 is 2.00 bits per heavy atom. The van der Waals surface area contributed by atoms with E-state index >= 15 is 0 Å². The number of carbonyl (C=O) groups is 3. The fourth-order valence-corrected chi connectivity index (χ4v) is 3.34.